The van der Waals surface area contributed by atoms with Gasteiger partial charge in [0.2, 0.25) is 11.8 Å². The van der Waals surface area contributed by atoms with Gasteiger partial charge in [-0.3, -0.25) is 9.59 Å². The van der Waals surface area contributed by atoms with E-state index in [-0.39, 0.29) is 30.9 Å². The maximum absolute atomic E-state index is 14.5. The molecule has 1 N–H and O–H groups in total. The first kappa shape index (κ1) is 33.3. The second kappa shape index (κ2) is 16.0. The Hall–Kier alpha value is -5.62. The fourth-order valence-corrected chi connectivity index (χ4v) is 6.39. The van der Waals surface area contributed by atoms with E-state index >= 15 is 0 Å². The molecular formula is C40H41N5O4. The molecule has 1 aromatic heterocycles. The summed E-state index contributed by atoms with van der Waals surface area (Å²) in [6.07, 6.45) is 5.63. The number of rotatable bonds is 11. The number of carbonyl (C=O) groups is 2. The molecule has 9 heteroatoms. The van der Waals surface area contributed by atoms with Crippen molar-refractivity contribution in [3.8, 4) is 23.3 Å². The minimum Gasteiger partial charge on any atom is -0.493 e. The number of hydrogen-bond donors (Lipinski definition) is 1. The molecule has 0 saturated heterocycles. The predicted molar refractivity (Wildman–Crippen MR) is 189 cm³/mol. The van der Waals surface area contributed by atoms with Crippen molar-refractivity contribution >= 4 is 22.8 Å². The average molecular weight is 656 g/mol. The third kappa shape index (κ3) is 8.28. The van der Waals surface area contributed by atoms with Crippen LogP contribution in [0.4, 0.5) is 0 Å². The lowest BCUT2D eigenvalue weighted by atomic mass is 9.94. The number of carbonyl (C=O) groups excluding carboxylic acids is 2. The van der Waals surface area contributed by atoms with Gasteiger partial charge in [0, 0.05) is 23.7 Å². The quantitative estimate of drug-likeness (QED) is 0.173. The van der Waals surface area contributed by atoms with Crippen LogP contribution in [0.25, 0.3) is 11.0 Å². The highest BCUT2D eigenvalue weighted by Crippen LogP contribution is 2.30. The molecule has 1 aliphatic rings. The van der Waals surface area contributed by atoms with Gasteiger partial charge in [-0.15, -0.1) is 5.10 Å². The minimum absolute atomic E-state index is 0.0619. The van der Waals surface area contributed by atoms with E-state index in [9.17, 15) is 9.59 Å². The monoisotopic (exact) mass is 655 g/mol. The van der Waals surface area contributed by atoms with E-state index in [4.69, 9.17) is 9.47 Å². The molecule has 0 bridgehead atoms. The van der Waals surface area contributed by atoms with E-state index < -0.39 is 6.04 Å². The predicted octanol–water partition coefficient (Wildman–Crippen LogP) is 6.11. The number of ether oxygens (including phenoxy) is 2. The molecule has 0 aliphatic heterocycles. The summed E-state index contributed by atoms with van der Waals surface area (Å²) in [5.41, 5.74) is 4.73. The first-order valence-corrected chi connectivity index (χ1v) is 16.8. The Morgan fingerprint density at radius 2 is 1.59 bits per heavy atom. The highest BCUT2D eigenvalue weighted by molar-refractivity contribution is 5.89. The van der Waals surface area contributed by atoms with Gasteiger partial charge in [-0.2, -0.15) is 0 Å². The number of amides is 2. The van der Waals surface area contributed by atoms with Crippen LogP contribution in [0.5, 0.6) is 11.5 Å². The highest BCUT2D eigenvalue weighted by Gasteiger charge is 2.33. The summed E-state index contributed by atoms with van der Waals surface area (Å²) in [6, 6.07) is 29.8. The summed E-state index contributed by atoms with van der Waals surface area (Å²) in [5.74, 6) is 7.23. The van der Waals surface area contributed by atoms with Crippen molar-refractivity contribution in [2.45, 2.75) is 57.2 Å². The Bertz CT molecular complexity index is 1960. The number of aromatic nitrogens is 3. The second-order valence-electron chi connectivity index (χ2n) is 12.2. The lowest BCUT2D eigenvalue weighted by molar-refractivity contribution is -0.141. The molecular weight excluding hydrogens is 614 g/mol. The van der Waals surface area contributed by atoms with Crippen LogP contribution < -0.4 is 14.8 Å². The largest absolute Gasteiger partial charge is 0.493 e. The zero-order valence-electron chi connectivity index (χ0n) is 28.0. The minimum atomic E-state index is -0.900. The van der Waals surface area contributed by atoms with Gasteiger partial charge < -0.3 is 19.7 Å². The first-order valence-electron chi connectivity index (χ1n) is 16.8. The number of hydrogen-bond acceptors (Lipinski definition) is 6. The molecule has 1 atom stereocenters. The summed E-state index contributed by atoms with van der Waals surface area (Å²) in [7, 11) is 3.19. The summed E-state index contributed by atoms with van der Waals surface area (Å²) in [6.45, 7) is 0.191. The third-order valence-corrected chi connectivity index (χ3v) is 8.95. The van der Waals surface area contributed by atoms with Crippen LogP contribution in [-0.2, 0) is 22.6 Å². The molecule has 4 aromatic carbocycles. The maximum Gasteiger partial charge on any atom is 0.247 e. The molecule has 0 spiro atoms. The highest BCUT2D eigenvalue weighted by atomic mass is 16.5. The van der Waals surface area contributed by atoms with Crippen LogP contribution in [0.1, 0.15) is 60.4 Å². The molecule has 250 valence electrons. The summed E-state index contributed by atoms with van der Waals surface area (Å²) < 4.78 is 12.6. The van der Waals surface area contributed by atoms with E-state index in [1.54, 1.807) is 23.8 Å². The van der Waals surface area contributed by atoms with Gasteiger partial charge in [0.15, 0.2) is 11.5 Å². The van der Waals surface area contributed by atoms with E-state index in [0.29, 0.717) is 29.0 Å². The summed E-state index contributed by atoms with van der Waals surface area (Å²) in [4.78, 5) is 30.6. The van der Waals surface area contributed by atoms with E-state index in [1.165, 1.54) is 6.42 Å². The molecule has 9 nitrogen and oxygen atoms in total. The zero-order valence-corrected chi connectivity index (χ0v) is 28.0. The SMILES string of the molecule is COc1ccc(CCN(C(=O)Cn2nnc3ccccc32)[C@H](C(=O)NC2CCCCC2)c2cccc(C#Cc3ccccc3)c2)cc1OC. The molecule has 2 amide bonds. The Labute approximate surface area is 287 Å². The number of para-hydroxylation sites is 1. The average Bonchev–Trinajstić information content (AvgIpc) is 3.55. The molecule has 0 unspecified atom stereocenters. The van der Waals surface area contributed by atoms with Crippen molar-refractivity contribution < 1.29 is 19.1 Å². The van der Waals surface area contributed by atoms with Gasteiger partial charge in [0.05, 0.1) is 19.7 Å². The van der Waals surface area contributed by atoms with Crippen molar-refractivity contribution in [3.63, 3.8) is 0 Å². The van der Waals surface area contributed by atoms with Crippen LogP contribution in [0.3, 0.4) is 0 Å². The molecule has 1 saturated carbocycles. The summed E-state index contributed by atoms with van der Waals surface area (Å²) in [5, 5.41) is 11.8. The standard InChI is InChI=1S/C40H41N5O4/c1-48-36-23-22-31(27-37(36)49-2)24-25-44(38(46)28-45-35-19-10-9-18-34(35)42-43-45)39(40(47)41-33-16-7-4-8-17-33)32-15-11-14-30(26-32)21-20-29-12-5-3-6-13-29/h3,5-6,9-15,18-19,22-23,26-27,33,39H,4,7-8,16-17,24-25,28H2,1-2H3,(H,41,47)/t39-/m0/s1. The lowest BCUT2D eigenvalue weighted by Gasteiger charge is -2.33. The van der Waals surface area contributed by atoms with Crippen LogP contribution >= 0.6 is 0 Å². The Morgan fingerprint density at radius 3 is 2.39 bits per heavy atom. The number of nitrogens with zero attached hydrogens (tertiary/aromatic N) is 4. The maximum atomic E-state index is 14.5. The normalized spacial score (nSPS) is 13.6. The molecule has 1 heterocycles. The fraction of sp³-hybridized carbons (Fsp3) is 0.300. The van der Waals surface area contributed by atoms with Crippen LogP contribution in [-0.4, -0.2) is 58.5 Å². The smallest absolute Gasteiger partial charge is 0.247 e. The molecule has 1 aliphatic carbocycles. The summed E-state index contributed by atoms with van der Waals surface area (Å²) >= 11 is 0. The van der Waals surface area contributed by atoms with Gasteiger partial charge in [-0.25, -0.2) is 4.68 Å². The number of methoxy groups -OCH3 is 2. The topological polar surface area (TPSA) is 98.6 Å². The molecule has 49 heavy (non-hydrogen) atoms. The van der Waals surface area contributed by atoms with Crippen LogP contribution in [0.15, 0.2) is 97.1 Å². The van der Waals surface area contributed by atoms with Crippen molar-refractivity contribution in [1.82, 2.24) is 25.2 Å². The van der Waals surface area contributed by atoms with Crippen molar-refractivity contribution in [2.75, 3.05) is 20.8 Å². The number of nitrogens with one attached hydrogen (secondary N) is 1. The number of benzene rings is 4. The van der Waals surface area contributed by atoms with Gasteiger partial charge >= 0.3 is 0 Å². The second-order valence-corrected chi connectivity index (χ2v) is 12.2. The Kier molecular flexibility index (Phi) is 10.9. The third-order valence-electron chi connectivity index (χ3n) is 8.95. The van der Waals surface area contributed by atoms with Crippen molar-refractivity contribution in [1.29, 1.82) is 0 Å². The van der Waals surface area contributed by atoms with Gasteiger partial charge in [0.25, 0.3) is 0 Å². The molecule has 1 fully saturated rings. The van der Waals surface area contributed by atoms with E-state index in [0.717, 1.165) is 47.9 Å². The Balaban J connectivity index is 1.38. The van der Waals surface area contributed by atoms with Gasteiger partial charge in [0.1, 0.15) is 18.1 Å². The number of fused-ring (bicyclic) bond motifs is 1. The fourth-order valence-electron chi connectivity index (χ4n) is 6.39. The Morgan fingerprint density at radius 1 is 0.857 bits per heavy atom. The zero-order chi connectivity index (χ0) is 34.0. The van der Waals surface area contributed by atoms with E-state index in [1.807, 2.05) is 97.1 Å². The van der Waals surface area contributed by atoms with Crippen LogP contribution in [0.2, 0.25) is 0 Å². The van der Waals surface area contributed by atoms with E-state index in [2.05, 4.69) is 27.5 Å². The molecule has 6 rings (SSSR count). The lowest BCUT2D eigenvalue weighted by Crippen LogP contribution is -2.48. The molecule has 0 radical (unpaired) electrons. The molecule has 5 aromatic rings. The van der Waals surface area contributed by atoms with Gasteiger partial charge in [-0.1, -0.05) is 84.8 Å². The van der Waals surface area contributed by atoms with Crippen molar-refractivity contribution in [3.05, 3.63) is 119 Å². The first-order chi connectivity index (χ1) is 24.0. The van der Waals surface area contributed by atoms with Crippen LogP contribution in [0, 0.1) is 11.8 Å². The van der Waals surface area contributed by atoms with Crippen molar-refractivity contribution in [2.24, 2.45) is 0 Å². The van der Waals surface area contributed by atoms with Gasteiger partial charge in [-0.05, 0) is 78.9 Å².